The summed E-state index contributed by atoms with van der Waals surface area (Å²) in [7, 11) is 3.30. The Hall–Kier alpha value is -3.13. The van der Waals surface area contributed by atoms with Gasteiger partial charge in [0.2, 0.25) is 0 Å². The molecule has 148 valence electrons. The minimum Gasteiger partial charge on any atom is -0.479 e. The molecule has 0 fully saturated rings. The van der Waals surface area contributed by atoms with Gasteiger partial charge in [0.05, 0.1) is 12.3 Å². The fourth-order valence-electron chi connectivity index (χ4n) is 2.96. The lowest BCUT2D eigenvalue weighted by molar-refractivity contribution is -0.125. The molecule has 28 heavy (non-hydrogen) atoms. The molecule has 1 aliphatic heterocycles. The van der Waals surface area contributed by atoms with Crippen molar-refractivity contribution in [3.63, 3.8) is 0 Å². The van der Waals surface area contributed by atoms with Crippen LogP contribution in [0.1, 0.15) is 12.5 Å². The summed E-state index contributed by atoms with van der Waals surface area (Å²) in [5.41, 5.74) is 2.19. The maximum absolute atomic E-state index is 12.8. The van der Waals surface area contributed by atoms with Crippen LogP contribution < -0.4 is 15.0 Å². The van der Waals surface area contributed by atoms with E-state index in [4.69, 9.17) is 9.47 Å². The highest BCUT2D eigenvalue weighted by Crippen LogP contribution is 2.35. The Labute approximate surface area is 164 Å². The molecule has 1 aromatic carbocycles. The zero-order chi connectivity index (χ0) is 20.1. The lowest BCUT2D eigenvalue weighted by Gasteiger charge is -2.30. The van der Waals surface area contributed by atoms with E-state index in [1.165, 1.54) is 0 Å². The topological polar surface area (TPSA) is 84.0 Å². The number of benzene rings is 1. The number of rotatable bonds is 6. The van der Waals surface area contributed by atoms with Gasteiger partial charge in [0.15, 0.2) is 6.10 Å². The number of fused-ring (bicyclic) bond motifs is 1. The average Bonchev–Trinajstić information content (AvgIpc) is 2.70. The number of urea groups is 1. The van der Waals surface area contributed by atoms with Gasteiger partial charge in [-0.05, 0) is 30.7 Å². The van der Waals surface area contributed by atoms with Crippen LogP contribution in [0.3, 0.4) is 0 Å². The fourth-order valence-corrected chi connectivity index (χ4v) is 2.96. The number of hydrogen-bond acceptors (Lipinski definition) is 5. The first-order valence-electron chi connectivity index (χ1n) is 9.01. The van der Waals surface area contributed by atoms with E-state index < -0.39 is 6.10 Å². The Morgan fingerprint density at radius 2 is 2.21 bits per heavy atom. The molecule has 1 unspecified atom stereocenters. The van der Waals surface area contributed by atoms with E-state index in [0.29, 0.717) is 36.8 Å². The highest BCUT2D eigenvalue weighted by atomic mass is 16.5. The molecule has 1 N–H and O–H groups in total. The van der Waals surface area contributed by atoms with Gasteiger partial charge in [-0.2, -0.15) is 0 Å². The molecule has 0 spiro atoms. The average molecular weight is 384 g/mol. The number of likely N-dealkylation sites (N-methyl/N-ethyl adjacent to an activating group) is 1. The normalized spacial score (nSPS) is 15.6. The van der Waals surface area contributed by atoms with Gasteiger partial charge in [0.1, 0.15) is 5.75 Å². The van der Waals surface area contributed by atoms with E-state index in [1.54, 1.807) is 61.5 Å². The van der Waals surface area contributed by atoms with Crippen molar-refractivity contribution in [1.29, 1.82) is 0 Å². The number of anilines is 2. The number of amides is 3. The number of nitrogens with one attached hydrogen (secondary N) is 1. The minimum absolute atomic E-state index is 0.105. The molecule has 2 aromatic rings. The summed E-state index contributed by atoms with van der Waals surface area (Å²) in [4.78, 5) is 32.1. The van der Waals surface area contributed by atoms with E-state index in [9.17, 15) is 9.59 Å². The van der Waals surface area contributed by atoms with Crippen molar-refractivity contribution in [2.75, 3.05) is 37.5 Å². The second kappa shape index (κ2) is 8.71. The molecule has 0 radical (unpaired) electrons. The summed E-state index contributed by atoms with van der Waals surface area (Å²) < 4.78 is 10.8. The first kappa shape index (κ1) is 19.6. The molecule has 3 amide bonds. The van der Waals surface area contributed by atoms with Crippen LogP contribution >= 0.6 is 0 Å². The van der Waals surface area contributed by atoms with Crippen LogP contribution in [-0.4, -0.2) is 55.2 Å². The molecule has 3 rings (SSSR count). The molecule has 8 heteroatoms. The summed E-state index contributed by atoms with van der Waals surface area (Å²) in [6.45, 7) is 2.98. The van der Waals surface area contributed by atoms with Crippen LogP contribution in [0.2, 0.25) is 0 Å². The molecule has 1 atom stereocenters. The third-order valence-electron chi connectivity index (χ3n) is 4.50. The van der Waals surface area contributed by atoms with E-state index in [2.05, 4.69) is 10.3 Å². The Kier molecular flexibility index (Phi) is 6.10. The molecule has 8 nitrogen and oxygen atoms in total. The van der Waals surface area contributed by atoms with Crippen molar-refractivity contribution in [2.45, 2.75) is 19.6 Å². The van der Waals surface area contributed by atoms with Gasteiger partial charge in [0.25, 0.3) is 5.91 Å². The molecule has 2 heterocycles. The van der Waals surface area contributed by atoms with Gasteiger partial charge < -0.3 is 24.6 Å². The van der Waals surface area contributed by atoms with Crippen molar-refractivity contribution in [2.24, 2.45) is 0 Å². The van der Waals surface area contributed by atoms with Crippen molar-refractivity contribution >= 4 is 23.3 Å². The van der Waals surface area contributed by atoms with Gasteiger partial charge in [-0.3, -0.25) is 9.78 Å². The smallest absolute Gasteiger partial charge is 0.322 e. The van der Waals surface area contributed by atoms with Gasteiger partial charge in [0, 0.05) is 51.4 Å². The second-order valence-electron chi connectivity index (χ2n) is 6.55. The molecule has 0 bridgehead atoms. The number of hydrogen-bond donors (Lipinski definition) is 1. The summed E-state index contributed by atoms with van der Waals surface area (Å²) in [6, 6.07) is 8.73. The Bertz CT molecular complexity index is 843. The zero-order valence-electron chi connectivity index (χ0n) is 16.2. The van der Waals surface area contributed by atoms with E-state index >= 15 is 0 Å². The second-order valence-corrected chi connectivity index (χ2v) is 6.55. The summed E-state index contributed by atoms with van der Waals surface area (Å²) in [6.07, 6.45) is 2.86. The minimum atomic E-state index is -0.563. The van der Waals surface area contributed by atoms with E-state index in [-0.39, 0.29) is 11.9 Å². The van der Waals surface area contributed by atoms with Crippen LogP contribution in [0.5, 0.6) is 5.75 Å². The molecule has 1 aromatic heterocycles. The highest BCUT2D eigenvalue weighted by molar-refractivity contribution is 6.00. The molecule has 0 aliphatic carbocycles. The van der Waals surface area contributed by atoms with Gasteiger partial charge in [-0.15, -0.1) is 0 Å². The number of ether oxygens (including phenoxy) is 2. The zero-order valence-corrected chi connectivity index (χ0v) is 16.2. The van der Waals surface area contributed by atoms with Gasteiger partial charge in [-0.25, -0.2) is 4.79 Å². The predicted molar refractivity (Wildman–Crippen MR) is 105 cm³/mol. The maximum Gasteiger partial charge on any atom is 0.322 e. The van der Waals surface area contributed by atoms with Crippen LogP contribution in [0.25, 0.3) is 0 Å². The largest absolute Gasteiger partial charge is 0.479 e. The fraction of sp³-hybridized carbons (Fsp3) is 0.350. The van der Waals surface area contributed by atoms with Gasteiger partial charge in [-0.1, -0.05) is 6.07 Å². The number of nitrogens with zero attached hydrogens (tertiary/aromatic N) is 3. The number of pyridine rings is 1. The SMILES string of the molecule is COCCN(Cc1cccnc1)C(=O)Nc1ccc2c(c1)OC(C)C(=O)N2C. The molecular formula is C20H24N4O4. The highest BCUT2D eigenvalue weighted by Gasteiger charge is 2.29. The maximum atomic E-state index is 12.8. The number of carbonyl (C=O) groups excluding carboxylic acids is 2. The Morgan fingerprint density at radius 1 is 1.39 bits per heavy atom. The van der Waals surface area contributed by atoms with E-state index in [0.717, 1.165) is 5.56 Å². The van der Waals surface area contributed by atoms with Gasteiger partial charge >= 0.3 is 6.03 Å². The summed E-state index contributed by atoms with van der Waals surface area (Å²) in [5, 5.41) is 2.89. The standard InChI is InChI=1S/C20H24N4O4/c1-14-19(25)23(2)17-7-6-16(11-18(17)28-14)22-20(26)24(9-10-27-3)13-15-5-4-8-21-12-15/h4-8,11-12,14H,9-10,13H2,1-3H3,(H,22,26). The first-order chi connectivity index (χ1) is 13.5. The monoisotopic (exact) mass is 384 g/mol. The van der Waals surface area contributed by atoms with Crippen LogP contribution in [0.4, 0.5) is 16.2 Å². The van der Waals surface area contributed by atoms with Crippen LogP contribution in [-0.2, 0) is 16.1 Å². The molecular weight excluding hydrogens is 360 g/mol. The van der Waals surface area contributed by atoms with E-state index in [1.807, 2.05) is 12.1 Å². The predicted octanol–water partition coefficient (Wildman–Crippen LogP) is 2.51. The first-order valence-corrected chi connectivity index (χ1v) is 9.01. The number of methoxy groups -OCH3 is 1. The lowest BCUT2D eigenvalue weighted by Crippen LogP contribution is -2.42. The Morgan fingerprint density at radius 3 is 2.93 bits per heavy atom. The lowest BCUT2D eigenvalue weighted by atomic mass is 10.2. The van der Waals surface area contributed by atoms with Crippen LogP contribution in [0, 0.1) is 0 Å². The molecule has 0 saturated carbocycles. The Balaban J connectivity index is 1.74. The van der Waals surface area contributed by atoms with Crippen molar-refractivity contribution in [1.82, 2.24) is 9.88 Å². The summed E-state index contributed by atoms with van der Waals surface area (Å²) >= 11 is 0. The van der Waals surface area contributed by atoms with Crippen molar-refractivity contribution < 1.29 is 19.1 Å². The summed E-state index contributed by atoms with van der Waals surface area (Å²) in [5.74, 6) is 0.453. The van der Waals surface area contributed by atoms with Crippen molar-refractivity contribution in [3.05, 3.63) is 48.3 Å². The van der Waals surface area contributed by atoms with Crippen molar-refractivity contribution in [3.8, 4) is 5.75 Å². The van der Waals surface area contributed by atoms with Crippen LogP contribution in [0.15, 0.2) is 42.7 Å². The molecule has 0 saturated heterocycles. The third-order valence-corrected chi connectivity index (χ3v) is 4.50. The number of carbonyl (C=O) groups is 2. The number of aromatic nitrogens is 1. The third kappa shape index (κ3) is 4.40. The molecule has 1 aliphatic rings. The quantitative estimate of drug-likeness (QED) is 0.827.